The van der Waals surface area contributed by atoms with Gasteiger partial charge >= 0.3 is 0 Å². The quantitative estimate of drug-likeness (QED) is 0.833. The Morgan fingerprint density at radius 1 is 0.792 bits per heavy atom. The molecule has 0 saturated heterocycles. The monoisotopic (exact) mass is 326 g/mol. The van der Waals surface area contributed by atoms with Gasteiger partial charge in [-0.25, -0.2) is 0 Å². The van der Waals surface area contributed by atoms with Crippen LogP contribution in [0.3, 0.4) is 0 Å². The molecule has 0 atom stereocenters. The lowest BCUT2D eigenvalue weighted by Crippen LogP contribution is -2.43. The van der Waals surface area contributed by atoms with Crippen LogP contribution in [-0.2, 0) is 22.4 Å². The first kappa shape index (κ1) is 15.9. The molecule has 124 valence electrons. The van der Waals surface area contributed by atoms with E-state index < -0.39 is 0 Å². The molecule has 3 rings (SSSR count). The van der Waals surface area contributed by atoms with E-state index in [1.54, 1.807) is 18.2 Å². The largest absolute Gasteiger partial charge is 0.486 e. The van der Waals surface area contributed by atoms with Crippen LogP contribution in [-0.4, -0.2) is 25.0 Å². The molecule has 1 aliphatic heterocycles. The summed E-state index contributed by atoms with van der Waals surface area (Å²) in [4.78, 5) is 23.7. The zero-order valence-electron chi connectivity index (χ0n) is 13.1. The van der Waals surface area contributed by atoms with Crippen LogP contribution in [0.5, 0.6) is 11.5 Å². The van der Waals surface area contributed by atoms with Gasteiger partial charge in [0, 0.05) is 0 Å². The van der Waals surface area contributed by atoms with Crippen LogP contribution in [0.1, 0.15) is 11.1 Å². The van der Waals surface area contributed by atoms with Gasteiger partial charge in [-0.15, -0.1) is 0 Å². The molecule has 1 heterocycles. The molecule has 0 aromatic heterocycles. The zero-order chi connectivity index (χ0) is 16.8. The van der Waals surface area contributed by atoms with E-state index in [9.17, 15) is 9.59 Å². The highest BCUT2D eigenvalue weighted by atomic mass is 16.6. The SMILES string of the molecule is O=C(Cc1ccccc1)NNC(=O)Cc1ccc2c(c1)OCCO2. The predicted octanol–water partition coefficient (Wildman–Crippen LogP) is 1.39. The Morgan fingerprint density at radius 3 is 2.12 bits per heavy atom. The summed E-state index contributed by atoms with van der Waals surface area (Å²) in [6.07, 6.45) is 0.355. The molecule has 0 spiro atoms. The molecule has 1 aliphatic rings. The topological polar surface area (TPSA) is 76.7 Å². The van der Waals surface area contributed by atoms with Gasteiger partial charge in [-0.2, -0.15) is 0 Å². The summed E-state index contributed by atoms with van der Waals surface area (Å²) in [7, 11) is 0. The van der Waals surface area contributed by atoms with Crippen molar-refractivity contribution in [3.63, 3.8) is 0 Å². The molecular formula is C18H18N2O4. The number of ether oxygens (including phenoxy) is 2. The van der Waals surface area contributed by atoms with Gasteiger partial charge in [0.1, 0.15) is 13.2 Å². The molecule has 0 radical (unpaired) electrons. The number of hydrazine groups is 1. The Labute approximate surface area is 139 Å². The minimum atomic E-state index is -0.298. The molecule has 2 aromatic rings. The Balaban J connectivity index is 1.48. The third-order valence-corrected chi connectivity index (χ3v) is 3.52. The van der Waals surface area contributed by atoms with E-state index in [4.69, 9.17) is 9.47 Å². The Bertz CT molecular complexity index is 731. The molecule has 6 nitrogen and oxygen atoms in total. The van der Waals surface area contributed by atoms with Crippen molar-refractivity contribution in [2.24, 2.45) is 0 Å². The average Bonchev–Trinajstić information content (AvgIpc) is 2.61. The van der Waals surface area contributed by atoms with Crippen molar-refractivity contribution in [3.05, 3.63) is 59.7 Å². The number of rotatable bonds is 4. The summed E-state index contributed by atoms with van der Waals surface area (Å²) >= 11 is 0. The molecule has 6 heteroatoms. The second-order valence-electron chi connectivity index (χ2n) is 5.41. The lowest BCUT2D eigenvalue weighted by Gasteiger charge is -2.18. The van der Waals surface area contributed by atoms with E-state index in [1.807, 2.05) is 30.3 Å². The molecule has 0 saturated carbocycles. The first-order chi connectivity index (χ1) is 11.7. The first-order valence-corrected chi connectivity index (χ1v) is 7.71. The molecule has 24 heavy (non-hydrogen) atoms. The van der Waals surface area contributed by atoms with Crippen LogP contribution < -0.4 is 20.3 Å². The number of hydrogen-bond donors (Lipinski definition) is 2. The van der Waals surface area contributed by atoms with Crippen LogP contribution in [0.2, 0.25) is 0 Å². The summed E-state index contributed by atoms with van der Waals surface area (Å²) in [5, 5.41) is 0. The van der Waals surface area contributed by atoms with Gasteiger partial charge in [0.2, 0.25) is 11.8 Å². The zero-order valence-corrected chi connectivity index (χ0v) is 13.1. The molecule has 2 aromatic carbocycles. The summed E-state index contributed by atoms with van der Waals surface area (Å²) in [6, 6.07) is 14.7. The van der Waals surface area contributed by atoms with Crippen LogP contribution >= 0.6 is 0 Å². The van der Waals surface area contributed by atoms with E-state index in [-0.39, 0.29) is 24.7 Å². The molecule has 2 amide bonds. The van der Waals surface area contributed by atoms with Crippen molar-refractivity contribution in [3.8, 4) is 11.5 Å². The summed E-state index contributed by atoms with van der Waals surface area (Å²) < 4.78 is 10.9. The van der Waals surface area contributed by atoms with Gasteiger partial charge in [0.05, 0.1) is 12.8 Å². The van der Waals surface area contributed by atoms with Gasteiger partial charge in [-0.05, 0) is 23.3 Å². The Kier molecular flexibility index (Phi) is 4.96. The van der Waals surface area contributed by atoms with Crippen molar-refractivity contribution in [2.75, 3.05) is 13.2 Å². The highest BCUT2D eigenvalue weighted by Crippen LogP contribution is 2.30. The number of fused-ring (bicyclic) bond motifs is 1. The fourth-order valence-electron chi connectivity index (χ4n) is 2.39. The van der Waals surface area contributed by atoms with Gasteiger partial charge in [0.25, 0.3) is 0 Å². The first-order valence-electron chi connectivity index (χ1n) is 7.71. The normalized spacial score (nSPS) is 12.3. The summed E-state index contributed by atoms with van der Waals surface area (Å²) in [5.74, 6) is 0.756. The maximum Gasteiger partial charge on any atom is 0.242 e. The van der Waals surface area contributed by atoms with Gasteiger partial charge in [-0.1, -0.05) is 36.4 Å². The second-order valence-corrected chi connectivity index (χ2v) is 5.41. The summed E-state index contributed by atoms with van der Waals surface area (Å²) in [6.45, 7) is 1.03. The number of benzene rings is 2. The number of carbonyl (C=O) groups is 2. The molecule has 2 N–H and O–H groups in total. The van der Waals surface area contributed by atoms with E-state index in [1.165, 1.54) is 0 Å². The van der Waals surface area contributed by atoms with Crippen LogP contribution in [0, 0.1) is 0 Å². The minimum absolute atomic E-state index is 0.141. The van der Waals surface area contributed by atoms with Crippen molar-refractivity contribution in [1.82, 2.24) is 10.9 Å². The lowest BCUT2D eigenvalue weighted by molar-refractivity contribution is -0.128. The summed E-state index contributed by atoms with van der Waals surface area (Å²) in [5.41, 5.74) is 6.51. The van der Waals surface area contributed by atoms with Crippen LogP contribution in [0.4, 0.5) is 0 Å². The molecule has 0 aliphatic carbocycles. The second kappa shape index (κ2) is 7.50. The van der Waals surface area contributed by atoms with E-state index >= 15 is 0 Å². The van der Waals surface area contributed by atoms with E-state index in [0.717, 1.165) is 11.1 Å². The maximum atomic E-state index is 11.9. The van der Waals surface area contributed by atoms with Crippen molar-refractivity contribution < 1.29 is 19.1 Å². The minimum Gasteiger partial charge on any atom is -0.486 e. The fraction of sp³-hybridized carbons (Fsp3) is 0.222. The number of nitrogens with one attached hydrogen (secondary N) is 2. The number of carbonyl (C=O) groups excluding carboxylic acids is 2. The molecule has 0 unspecified atom stereocenters. The molecular weight excluding hydrogens is 308 g/mol. The maximum absolute atomic E-state index is 11.9. The van der Waals surface area contributed by atoms with Crippen LogP contribution in [0.15, 0.2) is 48.5 Å². The fourth-order valence-corrected chi connectivity index (χ4v) is 2.39. The average molecular weight is 326 g/mol. The van der Waals surface area contributed by atoms with E-state index in [0.29, 0.717) is 24.7 Å². The highest BCUT2D eigenvalue weighted by molar-refractivity contribution is 5.84. The smallest absolute Gasteiger partial charge is 0.242 e. The number of amides is 2. The molecule has 0 bridgehead atoms. The third-order valence-electron chi connectivity index (χ3n) is 3.52. The van der Waals surface area contributed by atoms with Gasteiger partial charge in [-0.3, -0.25) is 20.4 Å². The predicted molar refractivity (Wildman–Crippen MR) is 87.6 cm³/mol. The van der Waals surface area contributed by atoms with Gasteiger partial charge in [0.15, 0.2) is 11.5 Å². The van der Waals surface area contributed by atoms with E-state index in [2.05, 4.69) is 10.9 Å². The lowest BCUT2D eigenvalue weighted by atomic mass is 10.1. The van der Waals surface area contributed by atoms with Crippen molar-refractivity contribution >= 4 is 11.8 Å². The van der Waals surface area contributed by atoms with Crippen LogP contribution in [0.25, 0.3) is 0 Å². The van der Waals surface area contributed by atoms with Gasteiger partial charge < -0.3 is 9.47 Å². The Morgan fingerprint density at radius 2 is 1.42 bits per heavy atom. The Hall–Kier alpha value is -3.02. The highest BCUT2D eigenvalue weighted by Gasteiger charge is 2.13. The van der Waals surface area contributed by atoms with Crippen molar-refractivity contribution in [1.29, 1.82) is 0 Å². The standard InChI is InChI=1S/C18H18N2O4/c21-17(11-13-4-2-1-3-5-13)19-20-18(22)12-14-6-7-15-16(10-14)24-9-8-23-15/h1-7,10H,8-9,11-12H2,(H,19,21)(H,20,22). The van der Waals surface area contributed by atoms with Crippen molar-refractivity contribution in [2.45, 2.75) is 12.8 Å². The number of hydrogen-bond acceptors (Lipinski definition) is 4. The molecule has 0 fully saturated rings. The third kappa shape index (κ3) is 4.25.